The summed E-state index contributed by atoms with van der Waals surface area (Å²) in [5.41, 5.74) is 21.3. The molecule has 0 amide bonds. The van der Waals surface area contributed by atoms with Gasteiger partial charge in [-0.15, -0.1) is 0 Å². The number of aryl methyl sites for hydroxylation is 2. The standard InChI is InChI=1S/C60H64BFN2O/c1-35-19-22-52-41(27-35)54-55(65-52)61-46-32-43-45(60(12,13)26-24-58(43,8)9)34-49(46)63(48-33-44-42(57(6,7)23-25-59(44,10)11)31-40(48)37-17-15-14-16-18-37)50-29-39(62)30-51(53(50)61)64(54)47-21-20-38(28-36(47)2)56(3,4)5/h14-22,27-34H,23-26H2,1-13H3. The summed E-state index contributed by atoms with van der Waals surface area (Å²) in [7, 11) is 0. The Bertz CT molecular complexity index is 3140. The quantitative estimate of drug-likeness (QED) is 0.165. The maximum Gasteiger partial charge on any atom is 0.297 e. The minimum absolute atomic E-state index is 0.00145. The van der Waals surface area contributed by atoms with Gasteiger partial charge in [0.2, 0.25) is 0 Å². The predicted octanol–water partition coefficient (Wildman–Crippen LogP) is 14.9. The number of rotatable bonds is 3. The van der Waals surface area contributed by atoms with Gasteiger partial charge >= 0.3 is 0 Å². The molecule has 5 heteroatoms. The number of halogens is 1. The molecular formula is C60H64BFN2O. The smallest absolute Gasteiger partial charge is 0.297 e. The Balaban J connectivity index is 1.31. The second kappa shape index (κ2) is 13.8. The highest BCUT2D eigenvalue weighted by Crippen LogP contribution is 2.55. The van der Waals surface area contributed by atoms with E-state index in [1.54, 1.807) is 6.07 Å². The third-order valence-electron chi connectivity index (χ3n) is 16.4. The van der Waals surface area contributed by atoms with Crippen molar-refractivity contribution in [2.45, 2.75) is 143 Å². The molecule has 0 saturated carbocycles. The van der Waals surface area contributed by atoms with Crippen molar-refractivity contribution in [1.29, 1.82) is 0 Å². The number of anilines is 6. The van der Waals surface area contributed by atoms with Crippen LogP contribution in [0.5, 0.6) is 0 Å². The Hall–Kier alpha value is -5.55. The third-order valence-corrected chi connectivity index (χ3v) is 16.4. The molecular weight excluding hydrogens is 794 g/mol. The molecule has 0 fully saturated rings. The molecule has 0 unspecified atom stereocenters. The van der Waals surface area contributed by atoms with Crippen LogP contribution in [0.15, 0.2) is 108 Å². The van der Waals surface area contributed by atoms with Crippen molar-refractivity contribution < 1.29 is 8.81 Å². The molecule has 4 aliphatic rings. The van der Waals surface area contributed by atoms with E-state index < -0.39 is 0 Å². The van der Waals surface area contributed by atoms with Gasteiger partial charge in [0.15, 0.2) is 0 Å². The molecule has 3 heterocycles. The van der Waals surface area contributed by atoms with E-state index in [0.29, 0.717) is 0 Å². The summed E-state index contributed by atoms with van der Waals surface area (Å²) in [6.07, 6.45) is 4.41. The van der Waals surface area contributed by atoms with Crippen molar-refractivity contribution in [2.75, 3.05) is 9.80 Å². The van der Waals surface area contributed by atoms with E-state index in [1.165, 1.54) is 33.3 Å². The average molecular weight is 859 g/mol. The van der Waals surface area contributed by atoms with Crippen LogP contribution in [-0.2, 0) is 27.1 Å². The highest BCUT2D eigenvalue weighted by Gasteiger charge is 2.50. The molecule has 7 aromatic rings. The lowest BCUT2D eigenvalue weighted by Gasteiger charge is -2.47. The summed E-state index contributed by atoms with van der Waals surface area (Å²) >= 11 is 0. The summed E-state index contributed by atoms with van der Waals surface area (Å²) in [5.74, 6) is -0.257. The van der Waals surface area contributed by atoms with Gasteiger partial charge in [0.05, 0.1) is 17.0 Å². The highest BCUT2D eigenvalue weighted by molar-refractivity contribution is 7.00. The van der Waals surface area contributed by atoms with Crippen molar-refractivity contribution in [2.24, 2.45) is 0 Å². The Morgan fingerprint density at radius 2 is 1.14 bits per heavy atom. The van der Waals surface area contributed by atoms with E-state index in [-0.39, 0.29) is 39.6 Å². The molecule has 3 nitrogen and oxygen atoms in total. The minimum atomic E-state index is -0.278. The van der Waals surface area contributed by atoms with Gasteiger partial charge in [-0.25, -0.2) is 4.39 Å². The highest BCUT2D eigenvalue weighted by atomic mass is 19.1. The maximum atomic E-state index is 17.4. The fourth-order valence-corrected chi connectivity index (χ4v) is 12.1. The van der Waals surface area contributed by atoms with E-state index in [0.717, 1.165) is 104 Å². The summed E-state index contributed by atoms with van der Waals surface area (Å²) in [5, 5.41) is 1.05. The van der Waals surface area contributed by atoms with E-state index in [1.807, 2.05) is 6.07 Å². The van der Waals surface area contributed by atoms with Crippen molar-refractivity contribution in [1.82, 2.24) is 0 Å². The number of nitrogens with zero attached hydrogens (tertiary/aromatic N) is 2. The molecule has 0 saturated heterocycles. The first-order valence-electron chi connectivity index (χ1n) is 24.1. The van der Waals surface area contributed by atoms with E-state index in [4.69, 9.17) is 4.42 Å². The van der Waals surface area contributed by atoms with Crippen molar-refractivity contribution in [3.05, 3.63) is 148 Å². The summed E-state index contributed by atoms with van der Waals surface area (Å²) in [6.45, 7) is 30.2. The van der Waals surface area contributed by atoms with Crippen LogP contribution in [0.2, 0.25) is 0 Å². The predicted molar refractivity (Wildman–Crippen MR) is 274 cm³/mol. The van der Waals surface area contributed by atoms with Gasteiger partial charge in [0.25, 0.3) is 6.71 Å². The molecule has 65 heavy (non-hydrogen) atoms. The van der Waals surface area contributed by atoms with Crippen LogP contribution in [0.4, 0.5) is 38.5 Å². The molecule has 330 valence electrons. The first kappa shape index (κ1) is 42.1. The fourth-order valence-electron chi connectivity index (χ4n) is 12.1. The zero-order chi connectivity index (χ0) is 45.9. The lowest BCUT2D eigenvalue weighted by atomic mass is 9.35. The minimum Gasteiger partial charge on any atom is -0.468 e. The van der Waals surface area contributed by atoms with Crippen LogP contribution in [0.1, 0.15) is 141 Å². The fraction of sp³-hybridized carbons (Fsp3) is 0.367. The number of hydrogen-bond donors (Lipinski definition) is 0. The molecule has 2 aliphatic heterocycles. The second-order valence-electron chi connectivity index (χ2n) is 23.8. The topological polar surface area (TPSA) is 19.6 Å². The number of furan rings is 1. The zero-order valence-corrected chi connectivity index (χ0v) is 40.9. The Morgan fingerprint density at radius 3 is 1.74 bits per heavy atom. The maximum absolute atomic E-state index is 17.4. The lowest BCUT2D eigenvalue weighted by molar-refractivity contribution is 0.332. The van der Waals surface area contributed by atoms with E-state index in [9.17, 15) is 0 Å². The second-order valence-corrected chi connectivity index (χ2v) is 23.8. The summed E-state index contributed by atoms with van der Waals surface area (Å²) in [4.78, 5) is 4.81. The van der Waals surface area contributed by atoms with Gasteiger partial charge in [-0.05, 0) is 165 Å². The van der Waals surface area contributed by atoms with Crippen LogP contribution >= 0.6 is 0 Å². The lowest BCUT2D eigenvalue weighted by Crippen LogP contribution is -2.61. The SMILES string of the molecule is Cc1ccc2oc3c(c2c1)N(c1ccc(C(C)(C)C)cc1C)c1cc(F)cc2c1B3c1cc3c(cc1N2c1cc2c(cc1-c1ccccc1)C(C)(C)CCC2(C)C)C(C)(C)CCC3(C)C. The Labute approximate surface area is 387 Å². The first-order chi connectivity index (χ1) is 30.6. The van der Waals surface area contributed by atoms with Gasteiger partial charge in [-0.2, -0.15) is 0 Å². The van der Waals surface area contributed by atoms with Gasteiger partial charge < -0.3 is 14.2 Å². The number of fused-ring (bicyclic) bond motifs is 8. The van der Waals surface area contributed by atoms with E-state index >= 15 is 4.39 Å². The number of hydrogen-bond acceptors (Lipinski definition) is 3. The molecule has 0 radical (unpaired) electrons. The van der Waals surface area contributed by atoms with Crippen LogP contribution in [0.3, 0.4) is 0 Å². The number of benzene rings is 6. The van der Waals surface area contributed by atoms with Gasteiger partial charge in [-0.3, -0.25) is 0 Å². The normalized spacial score (nSPS) is 18.5. The van der Waals surface area contributed by atoms with Crippen molar-refractivity contribution >= 4 is 68.4 Å². The third kappa shape index (κ3) is 6.26. The Morgan fingerprint density at radius 1 is 0.569 bits per heavy atom. The molecule has 11 rings (SSSR count). The first-order valence-corrected chi connectivity index (χ1v) is 24.1. The van der Waals surface area contributed by atoms with Crippen LogP contribution in [-0.4, -0.2) is 6.71 Å². The Kier molecular flexibility index (Phi) is 8.91. The molecule has 0 atom stereocenters. The molecule has 6 aromatic carbocycles. The molecule has 0 spiro atoms. The van der Waals surface area contributed by atoms with E-state index in [2.05, 4.69) is 191 Å². The zero-order valence-electron chi connectivity index (χ0n) is 40.9. The summed E-state index contributed by atoms with van der Waals surface area (Å²) in [6, 6.07) is 37.9. The molecule has 0 bridgehead atoms. The van der Waals surface area contributed by atoms with Gasteiger partial charge in [0, 0.05) is 33.7 Å². The van der Waals surface area contributed by atoms with Gasteiger partial charge in [0.1, 0.15) is 11.4 Å². The summed E-state index contributed by atoms with van der Waals surface area (Å²) < 4.78 is 24.7. The van der Waals surface area contributed by atoms with Crippen LogP contribution in [0, 0.1) is 19.7 Å². The molecule has 0 N–H and O–H groups in total. The monoisotopic (exact) mass is 859 g/mol. The average Bonchev–Trinajstić information content (AvgIpc) is 3.61. The van der Waals surface area contributed by atoms with Crippen molar-refractivity contribution in [3.63, 3.8) is 0 Å². The molecule has 1 aromatic heterocycles. The van der Waals surface area contributed by atoms with Crippen LogP contribution < -0.4 is 26.4 Å². The van der Waals surface area contributed by atoms with Crippen LogP contribution in [0.25, 0.3) is 22.1 Å². The molecule has 2 aliphatic carbocycles. The van der Waals surface area contributed by atoms with Gasteiger partial charge in [-0.1, -0.05) is 136 Å². The largest absolute Gasteiger partial charge is 0.468 e. The van der Waals surface area contributed by atoms with Crippen molar-refractivity contribution in [3.8, 4) is 11.1 Å².